The number of hydrogen-bond acceptors (Lipinski definition) is 5. The van der Waals surface area contributed by atoms with E-state index in [9.17, 15) is 0 Å². The molecule has 21 heavy (non-hydrogen) atoms. The maximum atomic E-state index is 5.73. The highest BCUT2D eigenvalue weighted by atomic mass is 16.5. The van der Waals surface area contributed by atoms with Gasteiger partial charge in [0, 0.05) is 52.4 Å². The number of furan rings is 1. The van der Waals surface area contributed by atoms with Gasteiger partial charge in [0.25, 0.3) is 0 Å². The molecular formula is C16H26N2O3. The van der Waals surface area contributed by atoms with E-state index in [-0.39, 0.29) is 0 Å². The molecule has 2 aliphatic rings. The number of hydrogen-bond donors (Lipinski definition) is 0. The molecule has 2 aliphatic heterocycles. The number of ether oxygens (including phenoxy) is 2. The highest BCUT2D eigenvalue weighted by molar-refractivity contribution is 5.03. The molecular weight excluding hydrogens is 268 g/mol. The van der Waals surface area contributed by atoms with Gasteiger partial charge in [-0.1, -0.05) is 0 Å². The van der Waals surface area contributed by atoms with Gasteiger partial charge in [-0.15, -0.1) is 0 Å². The predicted molar refractivity (Wildman–Crippen MR) is 80.1 cm³/mol. The average Bonchev–Trinajstić information content (AvgIpc) is 3.14. The molecule has 2 fully saturated rings. The molecule has 0 spiro atoms. The van der Waals surface area contributed by atoms with E-state index in [1.54, 1.807) is 13.4 Å². The Balaban J connectivity index is 1.66. The quantitative estimate of drug-likeness (QED) is 0.794. The summed E-state index contributed by atoms with van der Waals surface area (Å²) in [6.07, 6.45) is 3.25. The fourth-order valence-corrected chi connectivity index (χ4v) is 3.81. The van der Waals surface area contributed by atoms with Crippen LogP contribution in [0, 0.1) is 5.92 Å². The summed E-state index contributed by atoms with van der Waals surface area (Å²) in [7, 11) is 3.62. The molecule has 1 aromatic heterocycles. The lowest BCUT2D eigenvalue weighted by Gasteiger charge is -2.40. The highest BCUT2D eigenvalue weighted by Crippen LogP contribution is 2.33. The van der Waals surface area contributed by atoms with E-state index >= 15 is 0 Å². The predicted octanol–water partition coefficient (Wildman–Crippen LogP) is 1.45. The van der Waals surface area contributed by atoms with E-state index in [2.05, 4.69) is 15.9 Å². The minimum atomic E-state index is 0.385. The van der Waals surface area contributed by atoms with Crippen LogP contribution >= 0.6 is 0 Å². The second kappa shape index (κ2) is 6.92. The molecule has 0 N–H and O–H groups in total. The maximum Gasteiger partial charge on any atom is 0.117 e. The molecule has 3 atom stereocenters. The van der Waals surface area contributed by atoms with E-state index < -0.39 is 0 Å². The number of methoxy groups -OCH3 is 2. The number of fused-ring (bicyclic) bond motifs is 1. The van der Waals surface area contributed by atoms with Crippen molar-refractivity contribution < 1.29 is 13.9 Å². The van der Waals surface area contributed by atoms with E-state index in [4.69, 9.17) is 13.9 Å². The molecule has 5 heteroatoms. The number of nitrogens with zero attached hydrogens (tertiary/aromatic N) is 2. The van der Waals surface area contributed by atoms with Gasteiger partial charge >= 0.3 is 0 Å². The summed E-state index contributed by atoms with van der Waals surface area (Å²) in [5, 5.41) is 0. The van der Waals surface area contributed by atoms with Gasteiger partial charge in [0.15, 0.2) is 0 Å². The van der Waals surface area contributed by atoms with Crippen molar-refractivity contribution in [2.75, 3.05) is 47.0 Å². The molecule has 0 unspecified atom stereocenters. The summed E-state index contributed by atoms with van der Waals surface area (Å²) in [6.45, 7) is 6.01. The molecule has 5 nitrogen and oxygen atoms in total. The van der Waals surface area contributed by atoms with Crippen molar-refractivity contribution in [3.63, 3.8) is 0 Å². The van der Waals surface area contributed by atoms with Crippen LogP contribution in [0.15, 0.2) is 22.8 Å². The van der Waals surface area contributed by atoms with Gasteiger partial charge in [-0.3, -0.25) is 9.80 Å². The van der Waals surface area contributed by atoms with E-state index in [1.165, 1.54) is 0 Å². The number of rotatable bonds is 6. The Morgan fingerprint density at radius 3 is 2.95 bits per heavy atom. The van der Waals surface area contributed by atoms with Crippen LogP contribution in [0.5, 0.6) is 0 Å². The van der Waals surface area contributed by atoms with Crippen molar-refractivity contribution in [1.29, 1.82) is 0 Å². The van der Waals surface area contributed by atoms with Gasteiger partial charge < -0.3 is 13.9 Å². The fraction of sp³-hybridized carbons (Fsp3) is 0.750. The normalized spacial score (nSPS) is 30.7. The smallest absolute Gasteiger partial charge is 0.117 e. The first kappa shape index (κ1) is 15.0. The van der Waals surface area contributed by atoms with E-state index in [0.717, 1.165) is 51.5 Å². The van der Waals surface area contributed by atoms with Crippen LogP contribution in [-0.4, -0.2) is 69.0 Å². The zero-order valence-electron chi connectivity index (χ0n) is 13.0. The van der Waals surface area contributed by atoms with Gasteiger partial charge in [0.05, 0.1) is 25.5 Å². The van der Waals surface area contributed by atoms with Gasteiger partial charge in [0.2, 0.25) is 0 Å². The molecule has 3 heterocycles. The lowest BCUT2D eigenvalue weighted by Crippen LogP contribution is -2.50. The monoisotopic (exact) mass is 294 g/mol. The lowest BCUT2D eigenvalue weighted by atomic mass is 9.89. The van der Waals surface area contributed by atoms with Crippen molar-refractivity contribution in [2.45, 2.75) is 25.1 Å². The Hall–Kier alpha value is -0.880. The van der Waals surface area contributed by atoms with E-state index in [1.807, 2.05) is 13.2 Å². The van der Waals surface area contributed by atoms with Crippen molar-refractivity contribution >= 4 is 0 Å². The summed E-state index contributed by atoms with van der Waals surface area (Å²) < 4.78 is 16.5. The standard InChI is InChI=1S/C16H26N2O3/c1-19-9-7-17-11-14-15(12-17)18(6-5-16(14)20-2)10-13-4-3-8-21-13/h3-4,8,14-16H,5-7,9-12H2,1-2H3/t14-,15+,16-/m0/s1. The molecule has 0 aliphatic carbocycles. The van der Waals surface area contributed by atoms with Crippen LogP contribution in [0.2, 0.25) is 0 Å². The van der Waals surface area contributed by atoms with Crippen molar-refractivity contribution in [3.8, 4) is 0 Å². The summed E-state index contributed by atoms with van der Waals surface area (Å²) in [5.74, 6) is 1.65. The van der Waals surface area contributed by atoms with Gasteiger partial charge in [0.1, 0.15) is 5.76 Å². The molecule has 0 bridgehead atoms. The minimum Gasteiger partial charge on any atom is -0.468 e. The number of likely N-dealkylation sites (tertiary alicyclic amines) is 2. The summed E-state index contributed by atoms with van der Waals surface area (Å²) in [6, 6.07) is 4.59. The molecule has 0 aromatic carbocycles. The highest BCUT2D eigenvalue weighted by Gasteiger charge is 2.44. The Labute approximate surface area is 126 Å². The molecule has 1 aromatic rings. The lowest BCUT2D eigenvalue weighted by molar-refractivity contribution is -0.0262. The third kappa shape index (κ3) is 3.31. The zero-order valence-corrected chi connectivity index (χ0v) is 13.0. The third-order valence-corrected chi connectivity index (χ3v) is 4.91. The Bertz CT molecular complexity index is 423. The molecule has 0 amide bonds. The van der Waals surface area contributed by atoms with Crippen LogP contribution in [0.3, 0.4) is 0 Å². The SMILES string of the molecule is COCCN1C[C@@H]2[C@@H](OC)CCN(Cc3ccco3)[C@@H]2C1. The Kier molecular flexibility index (Phi) is 4.95. The van der Waals surface area contributed by atoms with Gasteiger partial charge in [-0.05, 0) is 18.6 Å². The van der Waals surface area contributed by atoms with Crippen LogP contribution in [0.1, 0.15) is 12.2 Å². The van der Waals surface area contributed by atoms with Crippen molar-refractivity contribution in [1.82, 2.24) is 9.80 Å². The Morgan fingerprint density at radius 2 is 2.24 bits per heavy atom. The average molecular weight is 294 g/mol. The molecule has 3 rings (SSSR count). The second-order valence-corrected chi connectivity index (χ2v) is 6.10. The van der Waals surface area contributed by atoms with Crippen LogP contribution in [-0.2, 0) is 16.0 Å². The van der Waals surface area contributed by atoms with Crippen LogP contribution < -0.4 is 0 Å². The first-order chi connectivity index (χ1) is 10.3. The number of piperidine rings is 1. The molecule has 2 saturated heterocycles. The van der Waals surface area contributed by atoms with Crippen molar-refractivity contribution in [2.24, 2.45) is 5.92 Å². The molecule has 0 radical (unpaired) electrons. The Morgan fingerprint density at radius 1 is 1.33 bits per heavy atom. The second-order valence-electron chi connectivity index (χ2n) is 6.10. The minimum absolute atomic E-state index is 0.385. The zero-order chi connectivity index (χ0) is 14.7. The summed E-state index contributed by atoms with van der Waals surface area (Å²) in [5.41, 5.74) is 0. The maximum absolute atomic E-state index is 5.73. The largest absolute Gasteiger partial charge is 0.468 e. The summed E-state index contributed by atoms with van der Waals surface area (Å²) >= 11 is 0. The topological polar surface area (TPSA) is 38.1 Å². The third-order valence-electron chi connectivity index (χ3n) is 4.91. The first-order valence-corrected chi connectivity index (χ1v) is 7.82. The van der Waals surface area contributed by atoms with Crippen molar-refractivity contribution in [3.05, 3.63) is 24.2 Å². The fourth-order valence-electron chi connectivity index (χ4n) is 3.81. The summed E-state index contributed by atoms with van der Waals surface area (Å²) in [4.78, 5) is 5.07. The van der Waals surface area contributed by atoms with E-state index in [0.29, 0.717) is 18.1 Å². The molecule has 118 valence electrons. The van der Waals surface area contributed by atoms with Crippen LogP contribution in [0.25, 0.3) is 0 Å². The van der Waals surface area contributed by atoms with Crippen LogP contribution in [0.4, 0.5) is 0 Å². The first-order valence-electron chi connectivity index (χ1n) is 7.82. The van der Waals surface area contributed by atoms with Gasteiger partial charge in [-0.2, -0.15) is 0 Å². The molecule has 0 saturated carbocycles. The van der Waals surface area contributed by atoms with Gasteiger partial charge in [-0.25, -0.2) is 0 Å².